The van der Waals surface area contributed by atoms with E-state index >= 15 is 0 Å². The molecule has 0 atom stereocenters. The second-order valence-electron chi connectivity index (χ2n) is 7.47. The van der Waals surface area contributed by atoms with Gasteiger partial charge >= 0.3 is 0 Å². The number of amides is 1. The van der Waals surface area contributed by atoms with Gasteiger partial charge in [-0.05, 0) is 27.3 Å². The van der Waals surface area contributed by atoms with E-state index in [4.69, 9.17) is 4.42 Å². The first-order valence-electron chi connectivity index (χ1n) is 7.50. The monoisotopic (exact) mass is 295 g/mol. The van der Waals surface area contributed by atoms with Crippen molar-refractivity contribution < 1.29 is 9.21 Å². The summed E-state index contributed by atoms with van der Waals surface area (Å²) in [7, 11) is 0. The third-order valence-corrected chi connectivity index (χ3v) is 2.98. The summed E-state index contributed by atoms with van der Waals surface area (Å²) in [6, 6.07) is 0. The molecule has 1 N–H and O–H groups in total. The van der Waals surface area contributed by atoms with Gasteiger partial charge < -0.3 is 9.73 Å². The Hall–Kier alpha value is -1.36. The van der Waals surface area contributed by atoms with Gasteiger partial charge in [0.25, 0.3) is 0 Å². The molecule has 0 aliphatic heterocycles. The van der Waals surface area contributed by atoms with Crippen molar-refractivity contribution in [1.82, 2.24) is 15.2 Å². The van der Waals surface area contributed by atoms with Crippen LogP contribution >= 0.6 is 0 Å². The fraction of sp³-hybridized carbons (Fsp3) is 0.750. The van der Waals surface area contributed by atoms with Crippen LogP contribution in [0.5, 0.6) is 0 Å². The highest BCUT2D eigenvalue weighted by Gasteiger charge is 2.21. The molecule has 0 saturated carbocycles. The second-order valence-corrected chi connectivity index (χ2v) is 7.47. The number of likely N-dealkylation sites (N-methyl/N-ethyl adjacent to an activating group) is 1. The number of hydrogen-bond acceptors (Lipinski definition) is 4. The summed E-state index contributed by atoms with van der Waals surface area (Å²) >= 11 is 0. The molecule has 1 heterocycles. The number of nitrogens with one attached hydrogen (secondary N) is 1. The van der Waals surface area contributed by atoms with Crippen molar-refractivity contribution in [2.24, 2.45) is 0 Å². The Kier molecular flexibility index (Phi) is 5.56. The van der Waals surface area contributed by atoms with E-state index in [1.54, 1.807) is 6.20 Å². The smallest absolute Gasteiger partial charge is 0.234 e. The van der Waals surface area contributed by atoms with Crippen LogP contribution in [-0.2, 0) is 16.8 Å². The average Bonchev–Trinajstić information content (AvgIpc) is 2.73. The summed E-state index contributed by atoms with van der Waals surface area (Å²) in [5, 5.41) is 2.97. The fourth-order valence-electron chi connectivity index (χ4n) is 1.86. The Labute approximate surface area is 128 Å². The average molecular weight is 295 g/mol. The lowest BCUT2D eigenvalue weighted by atomic mass is 9.94. The first kappa shape index (κ1) is 17.7. The van der Waals surface area contributed by atoms with Gasteiger partial charge in [-0.3, -0.25) is 9.69 Å². The van der Waals surface area contributed by atoms with Crippen molar-refractivity contribution in [3.8, 4) is 0 Å². The third kappa shape index (κ3) is 6.29. The third-order valence-electron chi connectivity index (χ3n) is 2.98. The Bertz CT molecular complexity index is 467. The molecule has 1 rings (SSSR count). The van der Waals surface area contributed by atoms with Crippen molar-refractivity contribution in [3.63, 3.8) is 0 Å². The van der Waals surface area contributed by atoms with E-state index in [1.807, 2.05) is 32.6 Å². The summed E-state index contributed by atoms with van der Waals surface area (Å²) in [6.45, 7) is 15.9. The minimum atomic E-state index is -0.209. The SMILES string of the molecule is CCN(CC(=O)NC(C)(C)C)Cc1ncc(C(C)(C)C)o1. The Morgan fingerprint density at radius 2 is 1.90 bits per heavy atom. The minimum Gasteiger partial charge on any atom is -0.444 e. The number of oxazole rings is 1. The summed E-state index contributed by atoms with van der Waals surface area (Å²) in [6.07, 6.45) is 1.78. The lowest BCUT2D eigenvalue weighted by Crippen LogP contribution is -2.45. The first-order valence-corrected chi connectivity index (χ1v) is 7.50. The molecule has 0 fully saturated rings. The quantitative estimate of drug-likeness (QED) is 0.907. The van der Waals surface area contributed by atoms with Crippen LogP contribution in [0.25, 0.3) is 0 Å². The van der Waals surface area contributed by atoms with Crippen LogP contribution in [-0.4, -0.2) is 34.4 Å². The summed E-state index contributed by atoms with van der Waals surface area (Å²) < 4.78 is 5.78. The lowest BCUT2D eigenvalue weighted by Gasteiger charge is -2.24. The predicted octanol–water partition coefficient (Wildman–Crippen LogP) is 2.71. The number of rotatable bonds is 5. The first-order chi connectivity index (χ1) is 9.51. The minimum absolute atomic E-state index is 0.0203. The normalized spacial score (nSPS) is 12.8. The lowest BCUT2D eigenvalue weighted by molar-refractivity contribution is -0.123. The molecule has 0 unspecified atom stereocenters. The molecule has 0 bridgehead atoms. The Balaban J connectivity index is 2.62. The molecule has 120 valence electrons. The van der Waals surface area contributed by atoms with E-state index in [-0.39, 0.29) is 16.9 Å². The van der Waals surface area contributed by atoms with Crippen LogP contribution in [0.1, 0.15) is 60.1 Å². The summed E-state index contributed by atoms with van der Waals surface area (Å²) in [4.78, 5) is 18.3. The maximum absolute atomic E-state index is 12.0. The molecule has 1 aromatic heterocycles. The van der Waals surface area contributed by atoms with E-state index in [0.717, 1.165) is 12.3 Å². The van der Waals surface area contributed by atoms with Gasteiger partial charge in [0.1, 0.15) is 5.76 Å². The zero-order chi connectivity index (χ0) is 16.3. The van der Waals surface area contributed by atoms with Crippen molar-refractivity contribution in [3.05, 3.63) is 17.8 Å². The second kappa shape index (κ2) is 6.60. The van der Waals surface area contributed by atoms with Crippen molar-refractivity contribution >= 4 is 5.91 Å². The molecule has 5 heteroatoms. The Morgan fingerprint density at radius 1 is 1.29 bits per heavy atom. The topological polar surface area (TPSA) is 58.4 Å². The molecule has 0 radical (unpaired) electrons. The number of carbonyl (C=O) groups excluding carboxylic acids is 1. The van der Waals surface area contributed by atoms with Gasteiger partial charge in [-0.25, -0.2) is 4.98 Å². The van der Waals surface area contributed by atoms with Gasteiger partial charge in [0.15, 0.2) is 0 Å². The van der Waals surface area contributed by atoms with Crippen molar-refractivity contribution in [1.29, 1.82) is 0 Å². The Morgan fingerprint density at radius 3 is 2.33 bits per heavy atom. The van der Waals surface area contributed by atoms with Crippen LogP contribution in [0.4, 0.5) is 0 Å². The molecule has 0 aromatic carbocycles. The predicted molar refractivity (Wildman–Crippen MR) is 84.0 cm³/mol. The fourth-order valence-corrected chi connectivity index (χ4v) is 1.86. The molecular weight excluding hydrogens is 266 g/mol. The zero-order valence-electron chi connectivity index (χ0n) is 14.4. The number of carbonyl (C=O) groups is 1. The van der Waals surface area contributed by atoms with Crippen LogP contribution in [0.3, 0.4) is 0 Å². The van der Waals surface area contributed by atoms with E-state index in [1.165, 1.54) is 0 Å². The zero-order valence-corrected chi connectivity index (χ0v) is 14.4. The highest BCUT2D eigenvalue weighted by atomic mass is 16.4. The standard InChI is InChI=1S/C16H29N3O2/c1-8-19(10-13(20)18-16(5,6)7)11-14-17-9-12(21-14)15(2,3)4/h9H,8,10-11H2,1-7H3,(H,18,20). The van der Waals surface area contributed by atoms with Crippen LogP contribution in [0.15, 0.2) is 10.6 Å². The summed E-state index contributed by atoms with van der Waals surface area (Å²) in [5.74, 6) is 1.55. The van der Waals surface area contributed by atoms with Gasteiger partial charge in [0.05, 0.1) is 19.3 Å². The summed E-state index contributed by atoms with van der Waals surface area (Å²) in [5.41, 5.74) is -0.259. The van der Waals surface area contributed by atoms with Gasteiger partial charge in [0, 0.05) is 11.0 Å². The number of nitrogens with zero attached hydrogens (tertiary/aromatic N) is 2. The van der Waals surface area contributed by atoms with Crippen LogP contribution < -0.4 is 5.32 Å². The molecule has 0 aliphatic carbocycles. The van der Waals surface area contributed by atoms with Gasteiger partial charge in [-0.1, -0.05) is 27.7 Å². The number of aromatic nitrogens is 1. The van der Waals surface area contributed by atoms with Crippen molar-refractivity contribution in [2.75, 3.05) is 13.1 Å². The molecule has 1 aromatic rings. The van der Waals surface area contributed by atoms with Crippen molar-refractivity contribution in [2.45, 2.75) is 66.0 Å². The molecule has 1 amide bonds. The van der Waals surface area contributed by atoms with Gasteiger partial charge in [0.2, 0.25) is 11.8 Å². The molecule has 0 saturated heterocycles. The van der Waals surface area contributed by atoms with E-state index in [9.17, 15) is 4.79 Å². The molecule has 21 heavy (non-hydrogen) atoms. The van der Waals surface area contributed by atoms with Crippen LogP contribution in [0.2, 0.25) is 0 Å². The van der Waals surface area contributed by atoms with E-state index in [2.05, 4.69) is 31.1 Å². The largest absolute Gasteiger partial charge is 0.444 e. The maximum atomic E-state index is 12.0. The molecule has 0 spiro atoms. The highest BCUT2D eigenvalue weighted by molar-refractivity contribution is 5.78. The molecule has 0 aliphatic rings. The molecular formula is C16H29N3O2. The molecule has 5 nitrogen and oxygen atoms in total. The van der Waals surface area contributed by atoms with Gasteiger partial charge in [-0.2, -0.15) is 0 Å². The maximum Gasteiger partial charge on any atom is 0.234 e. The van der Waals surface area contributed by atoms with E-state index < -0.39 is 0 Å². The highest BCUT2D eigenvalue weighted by Crippen LogP contribution is 2.23. The van der Waals surface area contributed by atoms with E-state index in [0.29, 0.717) is 19.0 Å². The number of hydrogen-bond donors (Lipinski definition) is 1. The van der Waals surface area contributed by atoms with Crippen LogP contribution in [0, 0.1) is 0 Å². The van der Waals surface area contributed by atoms with Gasteiger partial charge in [-0.15, -0.1) is 0 Å².